The molecule has 27 heavy (non-hydrogen) atoms. The summed E-state index contributed by atoms with van der Waals surface area (Å²) < 4.78 is 11.4. The Bertz CT molecular complexity index is 1170. The second kappa shape index (κ2) is 6.85. The van der Waals surface area contributed by atoms with Gasteiger partial charge in [-0.3, -0.25) is 15.1 Å². The zero-order chi connectivity index (χ0) is 19.0. The monoisotopic (exact) mass is 379 g/mol. The number of pyridine rings is 1. The lowest BCUT2D eigenvalue weighted by Crippen LogP contribution is -2.14. The van der Waals surface area contributed by atoms with Gasteiger partial charge in [0.25, 0.3) is 5.91 Å². The van der Waals surface area contributed by atoms with Crippen molar-refractivity contribution in [1.82, 2.24) is 9.97 Å². The van der Waals surface area contributed by atoms with Crippen LogP contribution >= 0.6 is 11.3 Å². The van der Waals surface area contributed by atoms with Gasteiger partial charge in [-0.15, -0.1) is 0 Å². The average Bonchev–Trinajstić information content (AvgIpc) is 3.08. The van der Waals surface area contributed by atoms with Crippen molar-refractivity contribution in [3.63, 3.8) is 0 Å². The minimum atomic E-state index is -0.240. The third kappa shape index (κ3) is 3.29. The van der Waals surface area contributed by atoms with Crippen LogP contribution in [0.2, 0.25) is 0 Å². The number of aryl methyl sites for hydroxylation is 1. The SMILES string of the molecule is COc1ccc2nc(C)c(C(=O)Nc3nc4ccc(OC)cc4s3)cc2c1. The summed E-state index contributed by atoms with van der Waals surface area (Å²) in [6.07, 6.45) is 0. The van der Waals surface area contributed by atoms with Crippen LogP contribution < -0.4 is 14.8 Å². The van der Waals surface area contributed by atoms with E-state index in [1.807, 2.05) is 49.4 Å². The molecule has 0 atom stereocenters. The Balaban J connectivity index is 1.66. The number of thiazole rings is 1. The normalized spacial score (nSPS) is 10.9. The minimum Gasteiger partial charge on any atom is -0.497 e. The average molecular weight is 379 g/mol. The molecule has 0 unspecified atom stereocenters. The van der Waals surface area contributed by atoms with Gasteiger partial charge < -0.3 is 9.47 Å². The maximum atomic E-state index is 12.8. The number of nitrogens with one attached hydrogen (secondary N) is 1. The summed E-state index contributed by atoms with van der Waals surface area (Å²) in [5.74, 6) is 1.24. The third-order valence-electron chi connectivity index (χ3n) is 4.27. The van der Waals surface area contributed by atoms with Crippen molar-refractivity contribution in [1.29, 1.82) is 0 Å². The Hall–Kier alpha value is -3.19. The molecule has 0 aliphatic heterocycles. The number of nitrogens with zero attached hydrogens (tertiary/aromatic N) is 2. The number of hydrogen-bond donors (Lipinski definition) is 1. The molecule has 2 aromatic carbocycles. The van der Waals surface area contributed by atoms with E-state index >= 15 is 0 Å². The van der Waals surface area contributed by atoms with Crippen molar-refractivity contribution in [2.75, 3.05) is 19.5 Å². The van der Waals surface area contributed by atoms with Crippen LogP contribution in [0.5, 0.6) is 11.5 Å². The van der Waals surface area contributed by atoms with Crippen LogP contribution in [0, 0.1) is 6.92 Å². The molecular weight excluding hydrogens is 362 g/mol. The molecule has 0 bridgehead atoms. The van der Waals surface area contributed by atoms with Gasteiger partial charge in [0.15, 0.2) is 5.13 Å². The highest BCUT2D eigenvalue weighted by Crippen LogP contribution is 2.30. The van der Waals surface area contributed by atoms with Gasteiger partial charge in [-0.1, -0.05) is 11.3 Å². The number of aromatic nitrogens is 2. The van der Waals surface area contributed by atoms with E-state index in [1.165, 1.54) is 11.3 Å². The van der Waals surface area contributed by atoms with E-state index in [4.69, 9.17) is 9.47 Å². The molecule has 0 fully saturated rings. The van der Waals surface area contributed by atoms with Crippen molar-refractivity contribution >= 4 is 43.5 Å². The van der Waals surface area contributed by atoms with E-state index in [1.54, 1.807) is 14.2 Å². The Labute approximate surface area is 159 Å². The van der Waals surface area contributed by atoms with Gasteiger partial charge in [0.05, 0.1) is 41.2 Å². The summed E-state index contributed by atoms with van der Waals surface area (Å²) in [6, 6.07) is 13.0. The highest BCUT2D eigenvalue weighted by atomic mass is 32.1. The first-order valence-electron chi connectivity index (χ1n) is 8.28. The molecule has 1 amide bonds. The first-order valence-corrected chi connectivity index (χ1v) is 9.10. The molecule has 1 N–H and O–H groups in total. The highest BCUT2D eigenvalue weighted by Gasteiger charge is 2.15. The lowest BCUT2D eigenvalue weighted by atomic mass is 10.1. The zero-order valence-electron chi connectivity index (χ0n) is 15.1. The molecule has 4 rings (SSSR count). The molecule has 0 saturated carbocycles. The number of ether oxygens (including phenoxy) is 2. The van der Waals surface area contributed by atoms with Crippen LogP contribution in [0.15, 0.2) is 42.5 Å². The smallest absolute Gasteiger partial charge is 0.259 e. The van der Waals surface area contributed by atoms with Crippen LogP contribution in [0.4, 0.5) is 5.13 Å². The van der Waals surface area contributed by atoms with E-state index in [0.717, 1.165) is 32.6 Å². The fourth-order valence-corrected chi connectivity index (χ4v) is 3.75. The van der Waals surface area contributed by atoms with Crippen LogP contribution in [-0.4, -0.2) is 30.1 Å². The number of fused-ring (bicyclic) bond motifs is 2. The fourth-order valence-electron chi connectivity index (χ4n) is 2.86. The second-order valence-corrected chi connectivity index (χ2v) is 7.02. The number of methoxy groups -OCH3 is 2. The number of hydrogen-bond acceptors (Lipinski definition) is 6. The molecule has 0 aliphatic rings. The molecule has 0 spiro atoms. The molecule has 2 heterocycles. The number of rotatable bonds is 4. The van der Waals surface area contributed by atoms with E-state index in [0.29, 0.717) is 16.4 Å². The van der Waals surface area contributed by atoms with Crippen LogP contribution in [0.25, 0.3) is 21.1 Å². The van der Waals surface area contributed by atoms with Gasteiger partial charge in [0.2, 0.25) is 0 Å². The van der Waals surface area contributed by atoms with Crippen molar-refractivity contribution in [3.8, 4) is 11.5 Å². The molecule has 6 nitrogen and oxygen atoms in total. The summed E-state index contributed by atoms with van der Waals surface area (Å²) in [6.45, 7) is 1.82. The number of anilines is 1. The van der Waals surface area contributed by atoms with Crippen LogP contribution in [0.3, 0.4) is 0 Å². The standard InChI is InChI=1S/C20H17N3O3S/c1-11-15(9-12-8-13(25-2)4-6-16(12)21-11)19(24)23-20-22-17-7-5-14(26-3)10-18(17)27-20/h4-10H,1-3H3,(H,22,23,24). The highest BCUT2D eigenvalue weighted by molar-refractivity contribution is 7.22. The molecule has 0 aliphatic carbocycles. The Morgan fingerprint density at radius 1 is 0.963 bits per heavy atom. The molecule has 0 radical (unpaired) electrons. The molecular formula is C20H17N3O3S. The van der Waals surface area contributed by atoms with Gasteiger partial charge in [-0.2, -0.15) is 0 Å². The first kappa shape index (κ1) is 17.2. The fraction of sp³-hybridized carbons (Fsp3) is 0.150. The van der Waals surface area contributed by atoms with Crippen LogP contribution in [-0.2, 0) is 0 Å². The second-order valence-electron chi connectivity index (χ2n) is 5.99. The lowest BCUT2D eigenvalue weighted by molar-refractivity contribution is 0.102. The predicted octanol–water partition coefficient (Wildman–Crippen LogP) is 4.42. The topological polar surface area (TPSA) is 73.3 Å². The van der Waals surface area contributed by atoms with E-state index in [2.05, 4.69) is 15.3 Å². The Morgan fingerprint density at radius 3 is 2.41 bits per heavy atom. The van der Waals surface area contributed by atoms with Gasteiger partial charge in [-0.25, -0.2) is 4.98 Å². The maximum absolute atomic E-state index is 12.8. The predicted molar refractivity (Wildman–Crippen MR) is 107 cm³/mol. The van der Waals surface area contributed by atoms with Crippen molar-refractivity contribution < 1.29 is 14.3 Å². The van der Waals surface area contributed by atoms with E-state index in [9.17, 15) is 4.79 Å². The van der Waals surface area contributed by atoms with Gasteiger partial charge in [-0.05, 0) is 49.4 Å². The maximum Gasteiger partial charge on any atom is 0.259 e. The summed E-state index contributed by atoms with van der Waals surface area (Å²) in [4.78, 5) is 21.8. The number of carbonyl (C=O) groups is 1. The Kier molecular flexibility index (Phi) is 4.37. The summed E-state index contributed by atoms with van der Waals surface area (Å²) in [7, 11) is 3.23. The third-order valence-corrected chi connectivity index (χ3v) is 5.21. The molecule has 7 heteroatoms. The molecule has 4 aromatic rings. The van der Waals surface area contributed by atoms with Crippen molar-refractivity contribution in [2.45, 2.75) is 6.92 Å². The van der Waals surface area contributed by atoms with Gasteiger partial charge >= 0.3 is 0 Å². The zero-order valence-corrected chi connectivity index (χ0v) is 15.9. The summed E-state index contributed by atoms with van der Waals surface area (Å²) in [5.41, 5.74) is 2.80. The number of carbonyl (C=O) groups excluding carboxylic acids is 1. The largest absolute Gasteiger partial charge is 0.497 e. The molecule has 0 saturated heterocycles. The lowest BCUT2D eigenvalue weighted by Gasteiger charge is -2.08. The first-order chi connectivity index (χ1) is 13.1. The van der Waals surface area contributed by atoms with Crippen molar-refractivity contribution in [2.24, 2.45) is 0 Å². The van der Waals surface area contributed by atoms with Crippen LogP contribution in [0.1, 0.15) is 16.1 Å². The quantitative estimate of drug-likeness (QED) is 0.568. The van der Waals surface area contributed by atoms with E-state index in [-0.39, 0.29) is 5.91 Å². The number of amides is 1. The summed E-state index contributed by atoms with van der Waals surface area (Å²) >= 11 is 1.40. The molecule has 136 valence electrons. The Morgan fingerprint density at radius 2 is 1.67 bits per heavy atom. The number of benzene rings is 2. The van der Waals surface area contributed by atoms with Crippen molar-refractivity contribution in [3.05, 3.63) is 53.7 Å². The van der Waals surface area contributed by atoms with Gasteiger partial charge in [0, 0.05) is 5.39 Å². The minimum absolute atomic E-state index is 0.240. The summed E-state index contributed by atoms with van der Waals surface area (Å²) in [5, 5.41) is 4.26. The van der Waals surface area contributed by atoms with E-state index < -0.39 is 0 Å². The van der Waals surface area contributed by atoms with Gasteiger partial charge in [0.1, 0.15) is 11.5 Å². The molecule has 2 aromatic heterocycles.